The number of allylic oxidation sites excluding steroid dienone is 1. The first-order chi connectivity index (χ1) is 22.5. The molecule has 0 fully saturated rings. The van der Waals surface area contributed by atoms with E-state index < -0.39 is 27.9 Å². The van der Waals surface area contributed by atoms with Crippen LogP contribution in [0.4, 0.5) is 5.69 Å². The highest BCUT2D eigenvalue weighted by atomic mass is 32.2. The van der Waals surface area contributed by atoms with Gasteiger partial charge in [0.15, 0.2) is 0 Å². The summed E-state index contributed by atoms with van der Waals surface area (Å²) in [7, 11) is -2.69. The number of rotatable bonds is 11. The summed E-state index contributed by atoms with van der Waals surface area (Å²) in [6, 6.07) is 25.4. The third-order valence-electron chi connectivity index (χ3n) is 7.59. The minimum atomic E-state index is -3.92. The van der Waals surface area contributed by atoms with Gasteiger partial charge in [0, 0.05) is 17.9 Å². The first-order valence-electron chi connectivity index (χ1n) is 14.9. The van der Waals surface area contributed by atoms with Gasteiger partial charge in [0.25, 0.3) is 5.91 Å². The van der Waals surface area contributed by atoms with Crippen molar-refractivity contribution in [1.29, 1.82) is 0 Å². The molecule has 0 bridgehead atoms. The highest BCUT2D eigenvalue weighted by Crippen LogP contribution is 2.36. The Morgan fingerprint density at radius 1 is 0.872 bits per heavy atom. The molecule has 4 aromatic rings. The first-order valence-corrected chi connectivity index (χ1v) is 16.3. The molecule has 0 atom stereocenters. The molecular formula is C36H34N2O8S. The normalized spacial score (nSPS) is 14.3. The third-order valence-corrected chi connectivity index (χ3v) is 9.39. The molecule has 47 heavy (non-hydrogen) atoms. The second kappa shape index (κ2) is 14.0. The van der Waals surface area contributed by atoms with E-state index >= 15 is 0 Å². The lowest BCUT2D eigenvalue weighted by molar-refractivity contribution is -0.136. The Morgan fingerprint density at radius 2 is 1.55 bits per heavy atom. The Kier molecular flexibility index (Phi) is 9.88. The summed E-state index contributed by atoms with van der Waals surface area (Å²) >= 11 is 0. The Balaban J connectivity index is 1.45. The molecule has 0 aliphatic carbocycles. The summed E-state index contributed by atoms with van der Waals surface area (Å²) in [5, 5.41) is 0. The highest BCUT2D eigenvalue weighted by Gasteiger charge is 2.38. The van der Waals surface area contributed by atoms with Gasteiger partial charge in [-0.05, 0) is 80.9 Å². The number of sulfonamides is 1. The second-order valence-corrected chi connectivity index (χ2v) is 12.7. The molecule has 0 unspecified atom stereocenters. The fourth-order valence-corrected chi connectivity index (χ4v) is 6.59. The van der Waals surface area contributed by atoms with Crippen LogP contribution in [0.3, 0.4) is 0 Å². The van der Waals surface area contributed by atoms with Gasteiger partial charge in [-0.25, -0.2) is 18.0 Å². The molecule has 0 N–H and O–H groups in total. The summed E-state index contributed by atoms with van der Waals surface area (Å²) < 4.78 is 44.9. The summed E-state index contributed by atoms with van der Waals surface area (Å²) in [4.78, 5) is 40.3. The van der Waals surface area contributed by atoms with Crippen molar-refractivity contribution in [1.82, 2.24) is 4.31 Å². The van der Waals surface area contributed by atoms with Crippen LogP contribution in [-0.2, 0) is 42.2 Å². The fourth-order valence-electron chi connectivity index (χ4n) is 5.20. The Hall–Kier alpha value is -5.26. The van der Waals surface area contributed by atoms with Crippen molar-refractivity contribution in [3.8, 4) is 0 Å². The molecule has 3 aromatic carbocycles. The number of amides is 1. The zero-order valence-electron chi connectivity index (χ0n) is 26.4. The zero-order chi connectivity index (χ0) is 33.7. The summed E-state index contributed by atoms with van der Waals surface area (Å²) in [5.74, 6) is -1.13. The van der Waals surface area contributed by atoms with Gasteiger partial charge in [-0.1, -0.05) is 48.0 Å². The van der Waals surface area contributed by atoms with E-state index in [-0.39, 0.29) is 41.5 Å². The standard InChI is InChI=1S/C36H34N2O8S/c1-5-45-35(40)27-13-15-28(16-14-27)38-25(3)33(36(41)44-4)32(34(38)39)21-29-17-18-30(46-29)23-37(22-26-9-7-6-8-10-26)47(42,43)31-19-11-24(2)12-20-31/h6-21H,5,22-23H2,1-4H3/b32-21+. The van der Waals surface area contributed by atoms with Gasteiger partial charge >= 0.3 is 11.9 Å². The lowest BCUT2D eigenvalue weighted by Crippen LogP contribution is -2.30. The van der Waals surface area contributed by atoms with E-state index in [0.717, 1.165) is 11.1 Å². The minimum absolute atomic E-state index is 0.0399. The average Bonchev–Trinajstić information content (AvgIpc) is 3.61. The van der Waals surface area contributed by atoms with Crippen molar-refractivity contribution >= 4 is 39.6 Å². The van der Waals surface area contributed by atoms with E-state index in [4.69, 9.17) is 13.9 Å². The van der Waals surface area contributed by atoms with Crippen LogP contribution in [0.2, 0.25) is 0 Å². The first kappa shape index (κ1) is 33.1. The van der Waals surface area contributed by atoms with Gasteiger partial charge in [-0.3, -0.25) is 9.69 Å². The van der Waals surface area contributed by atoms with Gasteiger partial charge in [-0.15, -0.1) is 0 Å². The summed E-state index contributed by atoms with van der Waals surface area (Å²) in [6.45, 7) is 5.46. The number of nitrogens with zero attached hydrogens (tertiary/aromatic N) is 2. The van der Waals surface area contributed by atoms with Crippen molar-refractivity contribution < 1.29 is 36.7 Å². The predicted octanol–water partition coefficient (Wildman–Crippen LogP) is 6.03. The van der Waals surface area contributed by atoms with Crippen LogP contribution < -0.4 is 4.90 Å². The van der Waals surface area contributed by atoms with E-state index in [1.807, 2.05) is 37.3 Å². The molecule has 1 aromatic heterocycles. The molecule has 0 radical (unpaired) electrons. The molecule has 1 aliphatic rings. The molecule has 2 heterocycles. The molecule has 5 rings (SSSR count). The molecule has 11 heteroatoms. The quantitative estimate of drug-likeness (QED) is 0.142. The smallest absolute Gasteiger partial charge is 0.340 e. The lowest BCUT2D eigenvalue weighted by Gasteiger charge is -2.21. The summed E-state index contributed by atoms with van der Waals surface area (Å²) in [6.07, 6.45) is 1.44. The van der Waals surface area contributed by atoms with Crippen molar-refractivity contribution in [3.63, 3.8) is 0 Å². The molecule has 0 spiro atoms. The number of aryl methyl sites for hydroxylation is 1. The number of furan rings is 1. The Bertz CT molecular complexity index is 1960. The fraction of sp³-hybridized carbons (Fsp3) is 0.194. The minimum Gasteiger partial charge on any atom is -0.465 e. The number of ether oxygens (including phenoxy) is 2. The van der Waals surface area contributed by atoms with Crippen LogP contribution in [0.15, 0.2) is 117 Å². The molecule has 0 saturated heterocycles. The maximum Gasteiger partial charge on any atom is 0.340 e. The van der Waals surface area contributed by atoms with Crippen molar-refractivity contribution in [2.24, 2.45) is 0 Å². The molecular weight excluding hydrogens is 620 g/mol. The van der Waals surface area contributed by atoms with E-state index in [2.05, 4.69) is 0 Å². The Labute approximate surface area is 273 Å². The molecule has 242 valence electrons. The number of hydrogen-bond donors (Lipinski definition) is 0. The third kappa shape index (κ3) is 7.11. The monoisotopic (exact) mass is 654 g/mol. The number of esters is 2. The van der Waals surface area contributed by atoms with Gasteiger partial charge in [0.2, 0.25) is 10.0 Å². The number of anilines is 1. The lowest BCUT2D eigenvalue weighted by atomic mass is 10.1. The number of methoxy groups -OCH3 is 1. The molecule has 0 saturated carbocycles. The van der Waals surface area contributed by atoms with Crippen LogP contribution in [0, 0.1) is 6.92 Å². The van der Waals surface area contributed by atoms with Crippen molar-refractivity contribution in [2.45, 2.75) is 38.8 Å². The Morgan fingerprint density at radius 3 is 2.19 bits per heavy atom. The van der Waals surface area contributed by atoms with E-state index in [0.29, 0.717) is 22.7 Å². The number of carbonyl (C=O) groups is 3. The van der Waals surface area contributed by atoms with E-state index in [9.17, 15) is 22.8 Å². The van der Waals surface area contributed by atoms with Gasteiger partial charge < -0.3 is 13.9 Å². The number of hydrogen-bond acceptors (Lipinski definition) is 8. The SMILES string of the molecule is CCOC(=O)c1ccc(N2C(=O)/C(=C/c3ccc(CN(Cc4ccccc4)S(=O)(=O)c4ccc(C)cc4)o3)C(C(=O)OC)=C2C)cc1. The van der Waals surface area contributed by atoms with Crippen LogP contribution in [0.25, 0.3) is 6.08 Å². The number of carbonyl (C=O) groups excluding carboxylic acids is 3. The average molecular weight is 655 g/mol. The van der Waals surface area contributed by atoms with Gasteiger partial charge in [0.1, 0.15) is 11.5 Å². The van der Waals surface area contributed by atoms with Crippen LogP contribution >= 0.6 is 0 Å². The molecule has 1 amide bonds. The van der Waals surface area contributed by atoms with Crippen molar-refractivity contribution in [3.05, 3.63) is 136 Å². The van der Waals surface area contributed by atoms with Crippen LogP contribution in [0.5, 0.6) is 0 Å². The maximum absolute atomic E-state index is 13.8. The predicted molar refractivity (Wildman–Crippen MR) is 175 cm³/mol. The topological polar surface area (TPSA) is 123 Å². The zero-order valence-corrected chi connectivity index (χ0v) is 27.2. The van der Waals surface area contributed by atoms with Crippen molar-refractivity contribution in [2.75, 3.05) is 18.6 Å². The highest BCUT2D eigenvalue weighted by molar-refractivity contribution is 7.89. The summed E-state index contributed by atoms with van der Waals surface area (Å²) in [5.41, 5.74) is 2.92. The van der Waals surface area contributed by atoms with Gasteiger partial charge in [0.05, 0.1) is 41.9 Å². The molecule has 1 aliphatic heterocycles. The largest absolute Gasteiger partial charge is 0.465 e. The van der Waals surface area contributed by atoms with Crippen LogP contribution in [-0.4, -0.2) is 44.3 Å². The molecule has 10 nitrogen and oxygen atoms in total. The maximum atomic E-state index is 13.8. The second-order valence-electron chi connectivity index (χ2n) is 10.8. The van der Waals surface area contributed by atoms with Crippen LogP contribution in [0.1, 0.15) is 46.9 Å². The van der Waals surface area contributed by atoms with E-state index in [1.165, 1.54) is 34.5 Å². The van der Waals surface area contributed by atoms with E-state index in [1.54, 1.807) is 62.4 Å². The number of benzene rings is 3. The van der Waals surface area contributed by atoms with Gasteiger partial charge in [-0.2, -0.15) is 4.31 Å².